The summed E-state index contributed by atoms with van der Waals surface area (Å²) in [6, 6.07) is 16.6. The summed E-state index contributed by atoms with van der Waals surface area (Å²) in [5.74, 6) is 0.109. The minimum atomic E-state index is -0.457. The van der Waals surface area contributed by atoms with E-state index < -0.39 is 5.91 Å². The van der Waals surface area contributed by atoms with Gasteiger partial charge in [0.2, 0.25) is 0 Å². The number of rotatable bonds is 8. The van der Waals surface area contributed by atoms with Crippen molar-refractivity contribution in [1.29, 1.82) is 0 Å². The van der Waals surface area contributed by atoms with E-state index in [0.29, 0.717) is 24.0 Å². The molecule has 2 aromatic carbocycles. The molecule has 1 saturated heterocycles. The number of hydrogen-bond donors (Lipinski definition) is 2. The molecule has 0 aromatic heterocycles. The number of benzene rings is 2. The van der Waals surface area contributed by atoms with Crippen molar-refractivity contribution in [3.8, 4) is 5.75 Å². The van der Waals surface area contributed by atoms with Gasteiger partial charge in [0, 0.05) is 37.4 Å². The highest BCUT2D eigenvalue weighted by Crippen LogP contribution is 2.25. The predicted octanol–water partition coefficient (Wildman–Crippen LogP) is 3.65. The van der Waals surface area contributed by atoms with Crippen LogP contribution in [0, 0.1) is 0 Å². The summed E-state index contributed by atoms with van der Waals surface area (Å²) in [4.78, 5) is 14.1. The highest BCUT2D eigenvalue weighted by molar-refractivity contribution is 5.96. The minimum absolute atomic E-state index is 0.426. The third-order valence-electron chi connectivity index (χ3n) is 4.92. The predicted molar refractivity (Wildman–Crippen MR) is 109 cm³/mol. The van der Waals surface area contributed by atoms with Crippen molar-refractivity contribution in [2.75, 3.05) is 25.0 Å². The van der Waals surface area contributed by atoms with E-state index in [1.165, 1.54) is 5.56 Å². The molecular weight excluding hydrogens is 338 g/mol. The van der Waals surface area contributed by atoms with Gasteiger partial charge in [-0.15, -0.1) is 0 Å². The van der Waals surface area contributed by atoms with E-state index >= 15 is 0 Å². The molecule has 0 saturated carbocycles. The number of hydrogen-bond acceptors (Lipinski definition) is 4. The molecule has 0 atom stereocenters. The van der Waals surface area contributed by atoms with Crippen LogP contribution in [-0.4, -0.2) is 36.5 Å². The number of anilines is 1. The lowest BCUT2D eigenvalue weighted by Gasteiger charge is -2.33. The summed E-state index contributed by atoms with van der Waals surface area (Å²) in [5, 5.41) is 3.59. The van der Waals surface area contributed by atoms with E-state index in [9.17, 15) is 4.79 Å². The number of nitrogens with zero attached hydrogens (tertiary/aromatic N) is 1. The van der Waals surface area contributed by atoms with E-state index in [2.05, 4.69) is 40.5 Å². The van der Waals surface area contributed by atoms with Crippen LogP contribution in [0.15, 0.2) is 48.5 Å². The normalized spacial score (nSPS) is 15.4. The van der Waals surface area contributed by atoms with Crippen LogP contribution in [0.25, 0.3) is 0 Å². The summed E-state index contributed by atoms with van der Waals surface area (Å²) >= 11 is 0. The molecule has 27 heavy (non-hydrogen) atoms. The number of carbonyl (C=O) groups is 1. The third kappa shape index (κ3) is 5.47. The lowest BCUT2D eigenvalue weighted by molar-refractivity contribution is 0.0996. The molecule has 1 heterocycles. The molecule has 3 N–H and O–H groups in total. The van der Waals surface area contributed by atoms with Gasteiger partial charge in [-0.2, -0.15) is 0 Å². The standard InChI is InChI=1S/C22H29N3O2/c1-2-14-27-21-15-19(8-9-20(21)22(23)26)24-18-10-12-25(13-11-18)16-17-6-4-3-5-7-17/h3-9,15,18,24H,2,10-14,16H2,1H3,(H2,23,26). The number of primary amides is 1. The molecule has 1 aliphatic rings. The Hall–Kier alpha value is -2.53. The fraction of sp³-hybridized carbons (Fsp3) is 0.409. The first-order valence-corrected chi connectivity index (χ1v) is 9.75. The highest BCUT2D eigenvalue weighted by atomic mass is 16.5. The van der Waals surface area contributed by atoms with Crippen LogP contribution in [0.5, 0.6) is 5.75 Å². The fourth-order valence-electron chi connectivity index (χ4n) is 3.46. The zero-order chi connectivity index (χ0) is 19.1. The van der Waals surface area contributed by atoms with E-state index in [-0.39, 0.29) is 0 Å². The van der Waals surface area contributed by atoms with Crippen LogP contribution < -0.4 is 15.8 Å². The maximum atomic E-state index is 11.6. The maximum absolute atomic E-state index is 11.6. The van der Waals surface area contributed by atoms with Gasteiger partial charge < -0.3 is 15.8 Å². The Morgan fingerprint density at radius 1 is 1.19 bits per heavy atom. The molecule has 5 nitrogen and oxygen atoms in total. The second-order valence-electron chi connectivity index (χ2n) is 7.10. The zero-order valence-electron chi connectivity index (χ0n) is 16.0. The molecule has 5 heteroatoms. The number of piperidine rings is 1. The van der Waals surface area contributed by atoms with Gasteiger partial charge in [-0.05, 0) is 37.0 Å². The third-order valence-corrected chi connectivity index (χ3v) is 4.92. The van der Waals surface area contributed by atoms with E-state index in [4.69, 9.17) is 10.5 Å². The van der Waals surface area contributed by atoms with Gasteiger partial charge in [0.15, 0.2) is 0 Å². The first kappa shape index (κ1) is 19.2. The van der Waals surface area contributed by atoms with E-state index in [0.717, 1.165) is 44.6 Å². The van der Waals surface area contributed by atoms with Gasteiger partial charge >= 0.3 is 0 Å². The first-order chi connectivity index (χ1) is 13.2. The molecule has 1 amide bonds. The zero-order valence-corrected chi connectivity index (χ0v) is 16.0. The van der Waals surface area contributed by atoms with Crippen LogP contribution in [0.3, 0.4) is 0 Å². The fourth-order valence-corrected chi connectivity index (χ4v) is 3.46. The lowest BCUT2D eigenvalue weighted by atomic mass is 10.0. The Morgan fingerprint density at radius 3 is 2.59 bits per heavy atom. The smallest absolute Gasteiger partial charge is 0.252 e. The van der Waals surface area contributed by atoms with Gasteiger partial charge in [0.05, 0.1) is 12.2 Å². The summed E-state index contributed by atoms with van der Waals surface area (Å²) in [6.07, 6.45) is 3.07. The monoisotopic (exact) mass is 367 g/mol. The molecule has 1 aliphatic heterocycles. The second-order valence-corrected chi connectivity index (χ2v) is 7.10. The van der Waals surface area contributed by atoms with Gasteiger partial charge in [0.25, 0.3) is 5.91 Å². The number of amides is 1. The summed E-state index contributed by atoms with van der Waals surface area (Å²) in [7, 11) is 0. The second kappa shape index (κ2) is 9.42. The van der Waals surface area contributed by atoms with E-state index in [1.54, 1.807) is 6.07 Å². The Labute approximate surface area is 161 Å². The molecule has 0 spiro atoms. The molecule has 3 rings (SSSR count). The molecule has 0 bridgehead atoms. The lowest BCUT2D eigenvalue weighted by Crippen LogP contribution is -2.38. The number of ether oxygens (including phenoxy) is 1. The Balaban J connectivity index is 1.56. The summed E-state index contributed by atoms with van der Waals surface area (Å²) in [5.41, 5.74) is 8.23. The Morgan fingerprint density at radius 2 is 1.93 bits per heavy atom. The SMILES string of the molecule is CCCOc1cc(NC2CCN(Cc3ccccc3)CC2)ccc1C(N)=O. The van der Waals surface area contributed by atoms with Crippen LogP contribution in [0.1, 0.15) is 42.1 Å². The molecule has 0 radical (unpaired) electrons. The van der Waals surface area contributed by atoms with Crippen LogP contribution in [0.2, 0.25) is 0 Å². The summed E-state index contributed by atoms with van der Waals surface area (Å²) < 4.78 is 5.71. The van der Waals surface area contributed by atoms with Crippen molar-refractivity contribution >= 4 is 11.6 Å². The van der Waals surface area contributed by atoms with Crippen molar-refractivity contribution in [2.24, 2.45) is 5.73 Å². The van der Waals surface area contributed by atoms with Crippen molar-refractivity contribution in [2.45, 2.75) is 38.8 Å². The number of likely N-dealkylation sites (tertiary alicyclic amines) is 1. The number of carbonyl (C=O) groups excluding carboxylic acids is 1. The Kier molecular flexibility index (Phi) is 6.71. The van der Waals surface area contributed by atoms with Gasteiger partial charge in [-0.3, -0.25) is 9.69 Å². The van der Waals surface area contributed by atoms with Crippen molar-refractivity contribution < 1.29 is 9.53 Å². The average molecular weight is 367 g/mol. The molecule has 0 unspecified atom stereocenters. The first-order valence-electron chi connectivity index (χ1n) is 9.75. The maximum Gasteiger partial charge on any atom is 0.252 e. The molecule has 2 aromatic rings. The quantitative estimate of drug-likeness (QED) is 0.747. The Bertz CT molecular complexity index is 740. The number of nitrogens with one attached hydrogen (secondary N) is 1. The number of nitrogens with two attached hydrogens (primary N) is 1. The van der Waals surface area contributed by atoms with Crippen LogP contribution >= 0.6 is 0 Å². The molecular formula is C22H29N3O2. The average Bonchev–Trinajstić information content (AvgIpc) is 2.68. The molecule has 1 fully saturated rings. The highest BCUT2D eigenvalue weighted by Gasteiger charge is 2.20. The topological polar surface area (TPSA) is 67.6 Å². The van der Waals surface area contributed by atoms with Crippen LogP contribution in [-0.2, 0) is 6.54 Å². The van der Waals surface area contributed by atoms with Crippen molar-refractivity contribution in [3.05, 3.63) is 59.7 Å². The van der Waals surface area contributed by atoms with E-state index in [1.807, 2.05) is 19.1 Å². The summed E-state index contributed by atoms with van der Waals surface area (Å²) in [6.45, 7) is 5.77. The van der Waals surface area contributed by atoms with Crippen molar-refractivity contribution in [1.82, 2.24) is 4.90 Å². The van der Waals surface area contributed by atoms with Gasteiger partial charge in [-0.25, -0.2) is 0 Å². The largest absolute Gasteiger partial charge is 0.493 e. The van der Waals surface area contributed by atoms with Gasteiger partial charge in [0.1, 0.15) is 5.75 Å². The van der Waals surface area contributed by atoms with Crippen molar-refractivity contribution in [3.63, 3.8) is 0 Å². The van der Waals surface area contributed by atoms with Gasteiger partial charge in [-0.1, -0.05) is 37.3 Å². The molecule has 0 aliphatic carbocycles. The minimum Gasteiger partial charge on any atom is -0.493 e. The van der Waals surface area contributed by atoms with Crippen LogP contribution in [0.4, 0.5) is 5.69 Å². The molecule has 144 valence electrons.